The standard InChI is InChI=1S/C34H36FN7O2S2.C3H8.C2H6/c1-17-10-34(7-4-8-42(34)13-17)16-44-33-40-29-19(3)26(21-5-6-25(35)30-27(21)22(11-36)31(38)46-30)23-14-43-15-24(23)28(29)32(41-33)39-12-20(45)9-18(2)37;1-3-2;1-2/h5-6,9,17H,4,7-8,10,12-16,37-38H2,1-3H3,(H,39,40,41);3H2,1-2H3;1-2H3/b18-9-;;. The summed E-state index contributed by atoms with van der Waals surface area (Å²) in [5.41, 5.74) is 18.0. The van der Waals surface area contributed by atoms with E-state index in [1.54, 1.807) is 19.1 Å². The second kappa shape index (κ2) is 16.2. The van der Waals surface area contributed by atoms with Gasteiger partial charge in [0.05, 0.1) is 41.1 Å². The number of hydrogen-bond acceptors (Lipinski definition) is 11. The minimum atomic E-state index is -0.410. The van der Waals surface area contributed by atoms with Crippen molar-refractivity contribution in [1.29, 1.82) is 5.26 Å². The summed E-state index contributed by atoms with van der Waals surface area (Å²) in [5, 5.41) is 15.1. The molecule has 3 aliphatic heterocycles. The molecule has 2 unspecified atom stereocenters. The van der Waals surface area contributed by atoms with E-state index in [2.05, 4.69) is 37.1 Å². The molecule has 0 saturated carbocycles. The number of rotatable bonds is 8. The van der Waals surface area contributed by atoms with Crippen LogP contribution in [0.25, 0.3) is 32.1 Å². The Morgan fingerprint density at radius 3 is 2.69 bits per heavy atom. The van der Waals surface area contributed by atoms with Gasteiger partial charge in [-0.3, -0.25) is 4.90 Å². The minimum Gasteiger partial charge on any atom is -0.461 e. The van der Waals surface area contributed by atoms with Crippen molar-refractivity contribution in [3.63, 3.8) is 0 Å². The zero-order chi connectivity index (χ0) is 37.0. The summed E-state index contributed by atoms with van der Waals surface area (Å²) in [6, 6.07) is 5.65. The summed E-state index contributed by atoms with van der Waals surface area (Å²) in [5.74, 6) is 0.805. The van der Waals surface area contributed by atoms with E-state index in [1.807, 2.05) is 20.8 Å². The maximum atomic E-state index is 15.1. The number of halogens is 1. The van der Waals surface area contributed by atoms with Gasteiger partial charge in [-0.25, -0.2) is 4.39 Å². The van der Waals surface area contributed by atoms with Crippen LogP contribution in [0.15, 0.2) is 23.9 Å². The van der Waals surface area contributed by atoms with E-state index in [0.29, 0.717) is 69.3 Å². The molecule has 0 radical (unpaired) electrons. The summed E-state index contributed by atoms with van der Waals surface area (Å²) in [6.07, 6.45) is 6.35. The highest BCUT2D eigenvalue weighted by Crippen LogP contribution is 2.48. The maximum absolute atomic E-state index is 15.1. The van der Waals surface area contributed by atoms with Crippen LogP contribution in [0.3, 0.4) is 0 Å². The highest BCUT2D eigenvalue weighted by atomic mass is 32.1. The number of fused-ring (bicyclic) bond motifs is 5. The Morgan fingerprint density at radius 1 is 1.25 bits per heavy atom. The number of aryl methyl sites for hydroxylation is 1. The van der Waals surface area contributed by atoms with Crippen molar-refractivity contribution in [1.82, 2.24) is 14.9 Å². The molecule has 5 N–H and O–H groups in total. The Balaban J connectivity index is 0.000000959. The van der Waals surface area contributed by atoms with Gasteiger partial charge >= 0.3 is 6.01 Å². The van der Waals surface area contributed by atoms with Crippen LogP contribution in [-0.4, -0.2) is 51.5 Å². The van der Waals surface area contributed by atoms with Gasteiger partial charge in [0.2, 0.25) is 0 Å². The molecule has 2 aromatic heterocycles. The van der Waals surface area contributed by atoms with Crippen molar-refractivity contribution in [2.75, 3.05) is 37.3 Å². The predicted octanol–water partition coefficient (Wildman–Crippen LogP) is 8.78. The lowest BCUT2D eigenvalue weighted by Gasteiger charge is -2.31. The van der Waals surface area contributed by atoms with Gasteiger partial charge in [0.1, 0.15) is 29.3 Å². The van der Waals surface area contributed by atoms with Gasteiger partial charge in [-0.1, -0.05) is 59.3 Å². The number of ether oxygens (including phenoxy) is 2. The third-order valence-electron chi connectivity index (χ3n) is 9.57. The molecule has 4 aromatic rings. The number of allylic oxidation sites excluding steroid dienone is 1. The van der Waals surface area contributed by atoms with Crippen LogP contribution in [-0.2, 0) is 18.0 Å². The summed E-state index contributed by atoms with van der Waals surface area (Å²) in [7, 11) is 0. The van der Waals surface area contributed by atoms with Crippen LogP contribution in [0.2, 0.25) is 0 Å². The van der Waals surface area contributed by atoms with Gasteiger partial charge in [0, 0.05) is 27.9 Å². The lowest BCUT2D eigenvalue weighted by molar-refractivity contribution is 0.108. The maximum Gasteiger partial charge on any atom is 0.319 e. The largest absolute Gasteiger partial charge is 0.461 e. The highest BCUT2D eigenvalue weighted by molar-refractivity contribution is 7.80. The van der Waals surface area contributed by atoms with Crippen LogP contribution in [0.5, 0.6) is 6.01 Å². The molecule has 0 spiro atoms. The van der Waals surface area contributed by atoms with E-state index in [9.17, 15) is 5.26 Å². The zero-order valence-corrected chi connectivity index (χ0v) is 32.5. The van der Waals surface area contributed by atoms with Crippen LogP contribution >= 0.6 is 23.6 Å². The Labute approximate surface area is 310 Å². The summed E-state index contributed by atoms with van der Waals surface area (Å²) < 4.78 is 28.0. The van der Waals surface area contributed by atoms with Gasteiger partial charge < -0.3 is 26.3 Å². The molecule has 272 valence electrons. The van der Waals surface area contributed by atoms with E-state index < -0.39 is 5.82 Å². The lowest BCUT2D eigenvalue weighted by atomic mass is 9.87. The fourth-order valence-electron chi connectivity index (χ4n) is 7.78. The van der Waals surface area contributed by atoms with Crippen molar-refractivity contribution in [2.24, 2.45) is 11.7 Å². The number of nitriles is 1. The van der Waals surface area contributed by atoms with Crippen molar-refractivity contribution < 1.29 is 13.9 Å². The molecule has 2 atom stereocenters. The molecule has 51 heavy (non-hydrogen) atoms. The zero-order valence-electron chi connectivity index (χ0n) is 30.8. The molecule has 0 amide bonds. The third kappa shape index (κ3) is 7.40. The first kappa shape index (κ1) is 38.3. The Kier molecular flexibility index (Phi) is 12.2. The Bertz CT molecular complexity index is 2020. The Hall–Kier alpha value is -3.89. The van der Waals surface area contributed by atoms with Crippen LogP contribution < -0.4 is 21.5 Å². The smallest absolute Gasteiger partial charge is 0.319 e. The number of nitrogens with zero attached hydrogens (tertiary/aromatic N) is 4. The number of thiocarbonyl (C=S) groups is 1. The van der Waals surface area contributed by atoms with Gasteiger partial charge in [-0.15, -0.1) is 11.3 Å². The molecule has 2 saturated heterocycles. The molecule has 7 rings (SSSR count). The van der Waals surface area contributed by atoms with Gasteiger partial charge in [-0.2, -0.15) is 15.2 Å². The predicted molar refractivity (Wildman–Crippen MR) is 212 cm³/mol. The molecule has 0 bridgehead atoms. The molecule has 2 fully saturated rings. The first-order chi connectivity index (χ1) is 24.5. The average molecular weight is 732 g/mol. The SMILES string of the molecule is C/C(N)=C/C(=S)CNc1nc(OCC23CCCN2CC(C)C3)nc2c(C)c(-c3ccc(F)c4sc(N)c(C#N)c34)c3c(c12)COC3.CC.CCC. The average Bonchev–Trinajstić information content (AvgIpc) is 3.87. The molecular formula is C39H50FN7O2S2. The number of benzene rings is 2. The molecule has 12 heteroatoms. The number of aromatic nitrogens is 2. The van der Waals surface area contributed by atoms with E-state index >= 15 is 4.39 Å². The normalized spacial score (nSPS) is 19.5. The number of nitrogen functional groups attached to an aromatic ring is 1. The van der Waals surface area contributed by atoms with Gasteiger partial charge in [-0.05, 0) is 85.5 Å². The second-order valence-corrected chi connectivity index (χ2v) is 15.1. The molecular weight excluding hydrogens is 682 g/mol. The van der Waals surface area contributed by atoms with Crippen LogP contribution in [0.1, 0.15) is 89.5 Å². The second-order valence-electron chi connectivity index (χ2n) is 13.6. The molecule has 5 heterocycles. The highest BCUT2D eigenvalue weighted by Gasteiger charge is 2.47. The van der Waals surface area contributed by atoms with Crippen molar-refractivity contribution in [3.8, 4) is 23.2 Å². The first-order valence-corrected chi connectivity index (χ1v) is 19.2. The fourth-order valence-corrected chi connectivity index (χ4v) is 8.99. The number of nitrogens with two attached hydrogens (primary N) is 2. The van der Waals surface area contributed by atoms with Gasteiger partial charge in [0.15, 0.2) is 0 Å². The Morgan fingerprint density at radius 2 is 1.98 bits per heavy atom. The lowest BCUT2D eigenvalue weighted by Crippen LogP contribution is -2.43. The quantitative estimate of drug-likeness (QED) is 0.119. The summed E-state index contributed by atoms with van der Waals surface area (Å²) in [4.78, 5) is 13.2. The molecule has 9 nitrogen and oxygen atoms in total. The minimum absolute atomic E-state index is 0.00534. The number of anilines is 2. The van der Waals surface area contributed by atoms with Crippen molar-refractivity contribution in [3.05, 3.63) is 52.0 Å². The van der Waals surface area contributed by atoms with Crippen molar-refractivity contribution >= 4 is 60.2 Å². The summed E-state index contributed by atoms with van der Waals surface area (Å²) >= 11 is 6.66. The number of hydrogen-bond donors (Lipinski definition) is 3. The van der Waals surface area contributed by atoms with Gasteiger partial charge in [0.25, 0.3) is 0 Å². The number of thiophene rings is 1. The van der Waals surface area contributed by atoms with E-state index in [0.717, 1.165) is 76.9 Å². The van der Waals surface area contributed by atoms with Crippen LogP contribution in [0.4, 0.5) is 15.2 Å². The molecule has 0 aliphatic carbocycles. The fraction of sp³-hybridized carbons (Fsp3) is 0.487. The summed E-state index contributed by atoms with van der Waals surface area (Å²) in [6.45, 7) is 18.1. The third-order valence-corrected chi connectivity index (χ3v) is 10.9. The topological polar surface area (TPSA) is 135 Å². The molecule has 2 aromatic carbocycles. The van der Waals surface area contributed by atoms with Crippen molar-refractivity contribution in [2.45, 2.75) is 92.9 Å². The first-order valence-electron chi connectivity index (χ1n) is 17.9. The van der Waals surface area contributed by atoms with Crippen LogP contribution in [0, 0.1) is 30.0 Å². The molecule has 3 aliphatic rings. The number of nitrogens with one attached hydrogen (secondary N) is 1. The van der Waals surface area contributed by atoms with E-state index in [1.165, 1.54) is 12.5 Å². The van der Waals surface area contributed by atoms with E-state index in [-0.39, 0.29) is 17.1 Å². The van der Waals surface area contributed by atoms with E-state index in [4.69, 9.17) is 43.1 Å². The monoisotopic (exact) mass is 731 g/mol.